The van der Waals surface area contributed by atoms with E-state index >= 15 is 0 Å². The Morgan fingerprint density at radius 2 is 1.76 bits per heavy atom. The first-order valence-corrected chi connectivity index (χ1v) is 9.44. The topological polar surface area (TPSA) is 68.1 Å². The Kier molecular flexibility index (Phi) is 3.79. The lowest BCUT2D eigenvalue weighted by Crippen LogP contribution is -2.29. The smallest absolute Gasteiger partial charge is 0.267 e. The lowest BCUT2D eigenvalue weighted by Gasteiger charge is -2.13. The normalized spacial score (nSPS) is 13.4. The molecule has 0 saturated heterocycles. The first kappa shape index (κ1) is 17.6. The van der Waals surface area contributed by atoms with Crippen LogP contribution in [0.1, 0.15) is 32.0 Å². The van der Waals surface area contributed by atoms with Crippen LogP contribution in [0.25, 0.3) is 16.7 Å². The molecule has 0 spiro atoms. The molecule has 2 aromatic carbocycles. The second-order valence-electron chi connectivity index (χ2n) is 6.95. The molecule has 0 fully saturated rings. The Balaban J connectivity index is 1.74. The number of hydrogen-bond donors (Lipinski definition) is 0. The second-order valence-corrected chi connectivity index (χ2v) is 7.39. The molecule has 5 rings (SSSR count). The second kappa shape index (κ2) is 6.25. The van der Waals surface area contributed by atoms with Crippen molar-refractivity contribution < 1.29 is 9.59 Å². The minimum atomic E-state index is -0.412. The van der Waals surface area contributed by atoms with E-state index in [1.807, 2.05) is 38.1 Å². The summed E-state index contributed by atoms with van der Waals surface area (Å²) in [4.78, 5) is 31.9. The van der Waals surface area contributed by atoms with Gasteiger partial charge in [-0.25, -0.2) is 14.6 Å². The minimum Gasteiger partial charge on any atom is -0.268 e. The highest BCUT2D eigenvalue weighted by atomic mass is 35.5. The molecular weight excluding hydrogens is 388 g/mol. The Morgan fingerprint density at radius 3 is 2.52 bits per heavy atom. The zero-order valence-corrected chi connectivity index (χ0v) is 16.4. The average molecular weight is 403 g/mol. The number of amides is 2. The van der Waals surface area contributed by atoms with Gasteiger partial charge >= 0.3 is 0 Å². The highest BCUT2D eigenvalue weighted by molar-refractivity contribution is 6.38. The van der Waals surface area contributed by atoms with Gasteiger partial charge in [-0.2, -0.15) is 5.10 Å². The number of benzene rings is 2. The fourth-order valence-corrected chi connectivity index (χ4v) is 3.96. The van der Waals surface area contributed by atoms with Gasteiger partial charge in [-0.1, -0.05) is 35.9 Å². The van der Waals surface area contributed by atoms with Crippen molar-refractivity contribution in [3.05, 3.63) is 82.1 Å². The van der Waals surface area contributed by atoms with Crippen LogP contribution in [-0.2, 0) is 0 Å². The SMILES string of the molecule is Cc1ccccc1-n1nc(C)c2c3c(cnc21)C(=O)N(c1cccc(Cl)c1)C3=O. The van der Waals surface area contributed by atoms with Crippen LogP contribution in [0.3, 0.4) is 0 Å². The van der Waals surface area contributed by atoms with Crippen LogP contribution >= 0.6 is 11.6 Å². The highest BCUT2D eigenvalue weighted by Crippen LogP contribution is 2.35. The van der Waals surface area contributed by atoms with Crippen molar-refractivity contribution >= 4 is 40.1 Å². The first-order valence-electron chi connectivity index (χ1n) is 9.06. The van der Waals surface area contributed by atoms with E-state index in [4.69, 9.17) is 11.6 Å². The summed E-state index contributed by atoms with van der Waals surface area (Å²) in [5, 5.41) is 5.66. The molecule has 3 heterocycles. The van der Waals surface area contributed by atoms with Gasteiger partial charge in [0.15, 0.2) is 5.65 Å². The molecule has 0 radical (unpaired) electrons. The molecule has 29 heavy (non-hydrogen) atoms. The van der Waals surface area contributed by atoms with Gasteiger partial charge in [-0.3, -0.25) is 9.59 Å². The number of halogens is 1. The Hall–Kier alpha value is -3.51. The van der Waals surface area contributed by atoms with Crippen molar-refractivity contribution in [2.45, 2.75) is 13.8 Å². The summed E-state index contributed by atoms with van der Waals surface area (Å²) in [6, 6.07) is 14.5. The van der Waals surface area contributed by atoms with Gasteiger partial charge in [-0.15, -0.1) is 0 Å². The van der Waals surface area contributed by atoms with Crippen LogP contribution in [0.2, 0.25) is 5.02 Å². The Bertz CT molecular complexity index is 1340. The van der Waals surface area contributed by atoms with Crippen molar-refractivity contribution in [2.24, 2.45) is 0 Å². The Labute approximate surface area is 171 Å². The number of carbonyl (C=O) groups is 2. The summed E-state index contributed by atoms with van der Waals surface area (Å²) in [5.74, 6) is -0.809. The number of hydrogen-bond acceptors (Lipinski definition) is 4. The minimum absolute atomic E-state index is 0.273. The maximum atomic E-state index is 13.3. The van der Waals surface area contributed by atoms with Crippen LogP contribution < -0.4 is 4.90 Å². The fraction of sp³-hybridized carbons (Fsp3) is 0.0909. The van der Waals surface area contributed by atoms with Gasteiger partial charge in [0.2, 0.25) is 0 Å². The van der Waals surface area contributed by atoms with E-state index in [9.17, 15) is 9.59 Å². The molecule has 0 N–H and O–H groups in total. The van der Waals surface area contributed by atoms with Crippen LogP contribution in [0.4, 0.5) is 5.69 Å². The van der Waals surface area contributed by atoms with E-state index < -0.39 is 11.8 Å². The molecule has 0 bridgehead atoms. The molecule has 142 valence electrons. The maximum absolute atomic E-state index is 13.3. The van der Waals surface area contributed by atoms with Gasteiger partial charge < -0.3 is 0 Å². The number of pyridine rings is 1. The van der Waals surface area contributed by atoms with E-state index in [0.717, 1.165) is 16.2 Å². The highest BCUT2D eigenvalue weighted by Gasteiger charge is 2.40. The summed E-state index contributed by atoms with van der Waals surface area (Å²) in [6.07, 6.45) is 1.46. The summed E-state index contributed by atoms with van der Waals surface area (Å²) in [7, 11) is 0. The molecule has 2 aromatic heterocycles. The quantitative estimate of drug-likeness (QED) is 0.463. The molecule has 1 aliphatic rings. The lowest BCUT2D eigenvalue weighted by molar-refractivity contribution is 0.0926. The molecule has 1 aliphatic heterocycles. The van der Waals surface area contributed by atoms with E-state index in [1.165, 1.54) is 6.20 Å². The molecule has 0 aliphatic carbocycles. The molecule has 0 unspecified atom stereocenters. The van der Waals surface area contributed by atoms with Gasteiger partial charge in [-0.05, 0) is 43.7 Å². The van der Waals surface area contributed by atoms with Crippen LogP contribution in [0.5, 0.6) is 0 Å². The van der Waals surface area contributed by atoms with E-state index in [0.29, 0.717) is 33.0 Å². The lowest BCUT2D eigenvalue weighted by atomic mass is 10.1. The molecule has 4 aromatic rings. The maximum Gasteiger partial charge on any atom is 0.267 e. The zero-order valence-electron chi connectivity index (χ0n) is 15.7. The monoisotopic (exact) mass is 402 g/mol. The fourth-order valence-electron chi connectivity index (χ4n) is 3.78. The molecule has 6 nitrogen and oxygen atoms in total. The van der Waals surface area contributed by atoms with Crippen LogP contribution in [-0.4, -0.2) is 26.6 Å². The number of rotatable bonds is 2. The van der Waals surface area contributed by atoms with Crippen molar-refractivity contribution in [3.8, 4) is 5.69 Å². The van der Waals surface area contributed by atoms with Gasteiger partial charge in [0, 0.05) is 11.2 Å². The third-order valence-electron chi connectivity index (χ3n) is 5.13. The van der Waals surface area contributed by atoms with Crippen molar-refractivity contribution in [3.63, 3.8) is 0 Å². The summed E-state index contributed by atoms with van der Waals surface area (Å²) >= 11 is 6.06. The van der Waals surface area contributed by atoms with E-state index in [1.54, 1.807) is 28.9 Å². The summed E-state index contributed by atoms with van der Waals surface area (Å²) in [5.41, 5.74) is 4.13. The zero-order chi connectivity index (χ0) is 20.3. The summed E-state index contributed by atoms with van der Waals surface area (Å²) < 4.78 is 1.72. The standard InChI is InChI=1S/C22H15ClN4O2/c1-12-6-3-4-9-17(12)27-20-18(13(2)25-27)19-16(11-24-20)21(28)26(22(19)29)15-8-5-7-14(23)10-15/h3-11H,1-2H3. The largest absolute Gasteiger partial charge is 0.268 e. The van der Waals surface area contributed by atoms with E-state index in [-0.39, 0.29) is 5.56 Å². The van der Waals surface area contributed by atoms with Crippen molar-refractivity contribution in [1.29, 1.82) is 0 Å². The number of carbonyl (C=O) groups excluding carboxylic acids is 2. The van der Waals surface area contributed by atoms with Gasteiger partial charge in [0.05, 0.1) is 33.6 Å². The third kappa shape index (κ3) is 2.49. The summed E-state index contributed by atoms with van der Waals surface area (Å²) in [6.45, 7) is 3.81. The van der Waals surface area contributed by atoms with Gasteiger partial charge in [0.1, 0.15) is 0 Å². The molecule has 0 saturated carbocycles. The molecular formula is C22H15ClN4O2. The predicted octanol–water partition coefficient (Wildman–Crippen LogP) is 4.49. The number of aryl methyl sites for hydroxylation is 2. The molecule has 2 amide bonds. The van der Waals surface area contributed by atoms with E-state index in [2.05, 4.69) is 10.1 Å². The number of nitrogens with zero attached hydrogens (tertiary/aromatic N) is 4. The number of para-hydroxylation sites is 1. The van der Waals surface area contributed by atoms with Gasteiger partial charge in [0.25, 0.3) is 11.8 Å². The van der Waals surface area contributed by atoms with Crippen LogP contribution in [0.15, 0.2) is 54.7 Å². The number of fused-ring (bicyclic) bond motifs is 3. The predicted molar refractivity (Wildman–Crippen MR) is 111 cm³/mol. The first-order chi connectivity index (χ1) is 14.0. The van der Waals surface area contributed by atoms with Crippen molar-refractivity contribution in [1.82, 2.24) is 14.8 Å². The molecule has 7 heteroatoms. The van der Waals surface area contributed by atoms with Crippen molar-refractivity contribution in [2.75, 3.05) is 4.90 Å². The number of imide groups is 1. The van der Waals surface area contributed by atoms with Crippen LogP contribution in [0, 0.1) is 13.8 Å². The molecule has 0 atom stereocenters. The number of anilines is 1. The Morgan fingerprint density at radius 1 is 0.966 bits per heavy atom. The number of aromatic nitrogens is 3. The third-order valence-corrected chi connectivity index (χ3v) is 5.37. The average Bonchev–Trinajstić information content (AvgIpc) is 3.16.